The molecule has 5 rings (SSSR count). The predicted octanol–water partition coefficient (Wildman–Crippen LogP) is 3.65. The highest BCUT2D eigenvalue weighted by molar-refractivity contribution is 7.90. The number of hydrogen-bond acceptors (Lipinski definition) is 7. The van der Waals surface area contributed by atoms with Crippen LogP contribution >= 0.6 is 0 Å². The first-order valence-electron chi connectivity index (χ1n) is 11.8. The zero-order valence-electron chi connectivity index (χ0n) is 19.6. The molecule has 9 heteroatoms. The fourth-order valence-electron chi connectivity index (χ4n) is 4.55. The Bertz CT molecular complexity index is 1410. The van der Waals surface area contributed by atoms with Gasteiger partial charge >= 0.3 is 0 Å². The summed E-state index contributed by atoms with van der Waals surface area (Å²) in [6.45, 7) is 1.58. The van der Waals surface area contributed by atoms with Crippen LogP contribution in [0.1, 0.15) is 37.8 Å². The molecule has 8 nitrogen and oxygen atoms in total. The molecule has 0 amide bonds. The number of allylic oxidation sites excluding steroid dienone is 2. The minimum absolute atomic E-state index is 0.0104. The van der Waals surface area contributed by atoms with Gasteiger partial charge in [0.25, 0.3) is 5.56 Å². The first-order chi connectivity index (χ1) is 16.9. The molecular weight excluding hydrogens is 464 g/mol. The lowest BCUT2D eigenvalue weighted by atomic mass is 10.1. The number of anilines is 1. The van der Waals surface area contributed by atoms with Crippen molar-refractivity contribution in [3.8, 4) is 11.4 Å². The molecule has 0 bridgehead atoms. The van der Waals surface area contributed by atoms with Crippen LogP contribution in [0.5, 0.6) is 5.75 Å². The zero-order chi connectivity index (χ0) is 24.4. The van der Waals surface area contributed by atoms with Crippen LogP contribution in [-0.2, 0) is 9.84 Å². The standard InChI is InChI=1S/C26H28N4O4S/c1-35(32,33)23-8-6-20(7-9-23)30-17-13-22(18-25(30)31)34-21-11-15-29(16-12-21)26-27-14-10-24(28-26)19-4-2-3-5-19/h4,6-10,13-14,17-18,21H,2-3,5,11-12,15-16H2,1H3. The molecule has 0 atom stereocenters. The van der Waals surface area contributed by atoms with Gasteiger partial charge in [0.2, 0.25) is 5.95 Å². The summed E-state index contributed by atoms with van der Waals surface area (Å²) in [5, 5.41) is 0. The van der Waals surface area contributed by atoms with Gasteiger partial charge in [-0.2, -0.15) is 0 Å². The number of nitrogens with zero attached hydrogens (tertiary/aromatic N) is 4. The molecule has 1 aromatic carbocycles. The molecule has 2 aromatic heterocycles. The maximum atomic E-state index is 12.7. The van der Waals surface area contributed by atoms with Crippen molar-refractivity contribution < 1.29 is 13.2 Å². The van der Waals surface area contributed by atoms with Gasteiger partial charge in [-0.15, -0.1) is 0 Å². The maximum Gasteiger partial charge on any atom is 0.258 e. The highest BCUT2D eigenvalue weighted by Gasteiger charge is 2.23. The van der Waals surface area contributed by atoms with Crippen LogP contribution in [0.4, 0.5) is 5.95 Å². The Kier molecular flexibility index (Phi) is 6.42. The van der Waals surface area contributed by atoms with Gasteiger partial charge in [0.05, 0.1) is 10.6 Å². The fraction of sp³-hybridized carbons (Fsp3) is 0.346. The van der Waals surface area contributed by atoms with Crippen molar-refractivity contribution in [3.63, 3.8) is 0 Å². The highest BCUT2D eigenvalue weighted by Crippen LogP contribution is 2.28. The van der Waals surface area contributed by atoms with E-state index < -0.39 is 9.84 Å². The van der Waals surface area contributed by atoms with Gasteiger partial charge in [-0.25, -0.2) is 18.4 Å². The van der Waals surface area contributed by atoms with E-state index in [0.29, 0.717) is 11.4 Å². The summed E-state index contributed by atoms with van der Waals surface area (Å²) < 4.78 is 30.9. The van der Waals surface area contributed by atoms with Gasteiger partial charge in [0.1, 0.15) is 11.9 Å². The second kappa shape index (κ2) is 9.65. The SMILES string of the molecule is CS(=O)(=O)c1ccc(-n2ccc(OC3CCN(c4nccc(C5=CCCC5)n4)CC3)cc2=O)cc1. The van der Waals surface area contributed by atoms with Crippen molar-refractivity contribution in [1.29, 1.82) is 0 Å². The van der Waals surface area contributed by atoms with Crippen LogP contribution in [0.3, 0.4) is 0 Å². The second-order valence-corrected chi connectivity index (χ2v) is 11.0. The molecule has 1 fully saturated rings. The molecule has 0 saturated carbocycles. The topological polar surface area (TPSA) is 94.4 Å². The summed E-state index contributed by atoms with van der Waals surface area (Å²) in [6.07, 6.45) is 11.9. The molecule has 3 aromatic rings. The lowest BCUT2D eigenvalue weighted by molar-refractivity contribution is 0.170. The van der Waals surface area contributed by atoms with Gasteiger partial charge in [0.15, 0.2) is 9.84 Å². The largest absolute Gasteiger partial charge is 0.490 e. The number of benzene rings is 1. The summed E-state index contributed by atoms with van der Waals surface area (Å²) in [4.78, 5) is 24.4. The van der Waals surface area contributed by atoms with E-state index in [4.69, 9.17) is 9.72 Å². The van der Waals surface area contributed by atoms with Gasteiger partial charge in [0, 0.05) is 56.3 Å². The van der Waals surface area contributed by atoms with Crippen molar-refractivity contribution in [2.75, 3.05) is 24.2 Å². The van der Waals surface area contributed by atoms with E-state index >= 15 is 0 Å². The second-order valence-electron chi connectivity index (χ2n) is 9.00. The molecule has 1 saturated heterocycles. The molecule has 0 radical (unpaired) electrons. The smallest absolute Gasteiger partial charge is 0.258 e. The molecule has 0 N–H and O–H groups in total. The average Bonchev–Trinajstić information content (AvgIpc) is 3.40. The van der Waals surface area contributed by atoms with Crippen LogP contribution < -0.4 is 15.2 Å². The average molecular weight is 493 g/mol. The molecule has 3 heterocycles. The summed E-state index contributed by atoms with van der Waals surface area (Å²) in [5.74, 6) is 1.29. The van der Waals surface area contributed by atoms with E-state index in [1.807, 2.05) is 12.3 Å². The minimum atomic E-state index is -3.28. The molecule has 0 spiro atoms. The Morgan fingerprint density at radius 1 is 1.06 bits per heavy atom. The first-order valence-corrected chi connectivity index (χ1v) is 13.7. The molecule has 1 aliphatic carbocycles. The van der Waals surface area contributed by atoms with Crippen LogP contribution in [0, 0.1) is 0 Å². The van der Waals surface area contributed by atoms with E-state index in [-0.39, 0.29) is 16.6 Å². The summed E-state index contributed by atoms with van der Waals surface area (Å²) in [5.41, 5.74) is 2.70. The Labute approximate surface area is 204 Å². The van der Waals surface area contributed by atoms with Gasteiger partial charge in [-0.1, -0.05) is 6.08 Å². The van der Waals surface area contributed by atoms with Crippen molar-refractivity contribution >= 4 is 21.4 Å². The first kappa shape index (κ1) is 23.3. The van der Waals surface area contributed by atoms with Crippen molar-refractivity contribution in [2.45, 2.75) is 43.1 Å². The van der Waals surface area contributed by atoms with E-state index in [9.17, 15) is 13.2 Å². The molecular formula is C26H28N4O4S. The van der Waals surface area contributed by atoms with Crippen LogP contribution in [0.2, 0.25) is 0 Å². The van der Waals surface area contributed by atoms with E-state index in [0.717, 1.165) is 56.7 Å². The lowest BCUT2D eigenvalue weighted by Crippen LogP contribution is -2.39. The van der Waals surface area contributed by atoms with Crippen LogP contribution in [0.25, 0.3) is 11.3 Å². The number of aromatic nitrogens is 3. The molecule has 35 heavy (non-hydrogen) atoms. The molecule has 2 aliphatic rings. The molecule has 1 aliphatic heterocycles. The van der Waals surface area contributed by atoms with Gasteiger partial charge in [-0.05, 0) is 61.2 Å². The van der Waals surface area contributed by atoms with Crippen molar-refractivity contribution in [3.05, 3.63) is 77.0 Å². The Morgan fingerprint density at radius 2 is 1.83 bits per heavy atom. The lowest BCUT2D eigenvalue weighted by Gasteiger charge is -2.32. The number of sulfone groups is 1. The highest BCUT2D eigenvalue weighted by atomic mass is 32.2. The van der Waals surface area contributed by atoms with E-state index in [2.05, 4.69) is 16.0 Å². The zero-order valence-corrected chi connectivity index (χ0v) is 20.4. The summed E-state index contributed by atoms with van der Waals surface area (Å²) in [7, 11) is -3.28. The predicted molar refractivity (Wildman–Crippen MR) is 135 cm³/mol. The van der Waals surface area contributed by atoms with E-state index in [1.165, 1.54) is 34.8 Å². The number of hydrogen-bond donors (Lipinski definition) is 0. The number of pyridine rings is 1. The summed E-state index contributed by atoms with van der Waals surface area (Å²) >= 11 is 0. The third kappa shape index (κ3) is 5.30. The van der Waals surface area contributed by atoms with Gasteiger partial charge < -0.3 is 9.64 Å². The van der Waals surface area contributed by atoms with E-state index in [1.54, 1.807) is 24.4 Å². The third-order valence-electron chi connectivity index (χ3n) is 6.47. The van der Waals surface area contributed by atoms with Crippen LogP contribution in [-0.4, -0.2) is 48.4 Å². The third-order valence-corrected chi connectivity index (χ3v) is 7.60. The number of piperidine rings is 1. The Hall–Kier alpha value is -3.46. The Morgan fingerprint density at radius 3 is 2.49 bits per heavy atom. The number of rotatable bonds is 6. The van der Waals surface area contributed by atoms with Crippen molar-refractivity contribution in [2.24, 2.45) is 0 Å². The normalized spacial score (nSPS) is 16.8. The van der Waals surface area contributed by atoms with Crippen LogP contribution in [0.15, 0.2) is 70.6 Å². The summed E-state index contributed by atoms with van der Waals surface area (Å²) in [6, 6.07) is 11.5. The Balaban J connectivity index is 1.21. The minimum Gasteiger partial charge on any atom is -0.490 e. The number of ether oxygens (including phenoxy) is 1. The quantitative estimate of drug-likeness (QED) is 0.518. The fourth-order valence-corrected chi connectivity index (χ4v) is 5.18. The van der Waals surface area contributed by atoms with Gasteiger partial charge in [-0.3, -0.25) is 9.36 Å². The molecule has 0 unspecified atom stereocenters. The monoisotopic (exact) mass is 492 g/mol. The van der Waals surface area contributed by atoms with Crippen molar-refractivity contribution in [1.82, 2.24) is 14.5 Å². The molecule has 182 valence electrons. The maximum absolute atomic E-state index is 12.7.